The van der Waals surface area contributed by atoms with Crippen LogP contribution in [0.2, 0.25) is 0 Å². The number of benzene rings is 1. The second kappa shape index (κ2) is 16.0. The van der Waals surface area contributed by atoms with E-state index >= 15 is 0 Å². The first-order chi connectivity index (χ1) is 14.7. The first kappa shape index (κ1) is 34.4. The van der Waals surface area contributed by atoms with E-state index in [9.17, 15) is 0 Å². The minimum absolute atomic E-state index is 0.404. The Hall–Kier alpha value is -0.780. The lowest BCUT2D eigenvalue weighted by atomic mass is 9.84. The van der Waals surface area contributed by atoms with Crippen molar-refractivity contribution >= 4 is 0 Å². The van der Waals surface area contributed by atoms with Crippen molar-refractivity contribution in [2.75, 3.05) is 0 Å². The summed E-state index contributed by atoms with van der Waals surface area (Å²) in [4.78, 5) is 0. The summed E-state index contributed by atoms with van der Waals surface area (Å²) in [6.07, 6.45) is 6.98. The molecular weight excluding hydrogens is 396 g/mol. The van der Waals surface area contributed by atoms with Gasteiger partial charge in [0.15, 0.2) is 0 Å². The van der Waals surface area contributed by atoms with Gasteiger partial charge in [0.1, 0.15) is 0 Å². The normalized spacial score (nSPS) is 14.1. The van der Waals surface area contributed by atoms with Crippen LogP contribution in [0.4, 0.5) is 0 Å². The second-order valence-corrected chi connectivity index (χ2v) is 15.0. The summed E-state index contributed by atoms with van der Waals surface area (Å²) in [5, 5.41) is 0. The van der Waals surface area contributed by atoms with Crippen LogP contribution in [-0.2, 0) is 6.42 Å². The van der Waals surface area contributed by atoms with Gasteiger partial charge in [0.05, 0.1) is 0 Å². The van der Waals surface area contributed by atoms with Crippen molar-refractivity contribution in [3.63, 3.8) is 0 Å². The highest BCUT2D eigenvalue weighted by atomic mass is 14.3. The molecule has 0 nitrogen and oxygen atoms in total. The molecular formula is C33H64. The van der Waals surface area contributed by atoms with Crippen LogP contribution in [0.3, 0.4) is 0 Å². The highest BCUT2D eigenvalue weighted by molar-refractivity contribution is 5.15. The van der Waals surface area contributed by atoms with Gasteiger partial charge in [0, 0.05) is 0 Å². The van der Waals surface area contributed by atoms with Crippen LogP contribution < -0.4 is 0 Å². The van der Waals surface area contributed by atoms with E-state index in [0.717, 1.165) is 30.1 Å². The van der Waals surface area contributed by atoms with E-state index in [4.69, 9.17) is 0 Å². The standard InChI is InChI=1S/C11H16.C8H18.C7H14.C7H16/c1-11(2,3)9-10-7-5-4-6-8-10;1-7(2)6-8(3,4)5;1-6(2)5-7-3-4-7;1-6(2)7(3,4)5/h4-8H,9H2,1-3H3;7H,6H2,1-5H3;6-7H,3-5H2,1-2H3;6H,1-5H3. The van der Waals surface area contributed by atoms with E-state index < -0.39 is 0 Å². The molecule has 196 valence electrons. The third-order valence-electron chi connectivity index (χ3n) is 5.83. The lowest BCUT2D eigenvalue weighted by Crippen LogP contribution is -2.12. The molecule has 1 aromatic rings. The lowest BCUT2D eigenvalue weighted by molar-refractivity contribution is 0.283. The number of rotatable bonds is 4. The average molecular weight is 461 g/mol. The molecule has 1 fully saturated rings. The molecule has 0 atom stereocenters. The second-order valence-electron chi connectivity index (χ2n) is 15.0. The van der Waals surface area contributed by atoms with Gasteiger partial charge < -0.3 is 0 Å². The summed E-state index contributed by atoms with van der Waals surface area (Å²) < 4.78 is 0. The van der Waals surface area contributed by atoms with E-state index in [2.05, 4.69) is 134 Å². The van der Waals surface area contributed by atoms with Crippen LogP contribution in [0.5, 0.6) is 0 Å². The summed E-state index contributed by atoms with van der Waals surface area (Å²) in [5.41, 5.74) is 2.86. The molecule has 1 aliphatic rings. The van der Waals surface area contributed by atoms with Crippen molar-refractivity contribution in [3.8, 4) is 0 Å². The summed E-state index contributed by atoms with van der Waals surface area (Å²) in [6, 6.07) is 10.6. The predicted molar refractivity (Wildman–Crippen MR) is 155 cm³/mol. The Balaban J connectivity index is 0. The van der Waals surface area contributed by atoms with Crippen LogP contribution in [0.25, 0.3) is 0 Å². The van der Waals surface area contributed by atoms with Crippen molar-refractivity contribution in [3.05, 3.63) is 35.9 Å². The molecule has 0 unspecified atom stereocenters. The Kier molecular flexibility index (Phi) is 16.7. The largest absolute Gasteiger partial charge is 0.0628 e. The zero-order valence-corrected chi connectivity index (χ0v) is 25.7. The Morgan fingerprint density at radius 1 is 0.667 bits per heavy atom. The highest BCUT2D eigenvalue weighted by Gasteiger charge is 2.21. The molecule has 0 N–H and O–H groups in total. The van der Waals surface area contributed by atoms with Gasteiger partial charge in [-0.3, -0.25) is 0 Å². The highest BCUT2D eigenvalue weighted by Crippen LogP contribution is 2.34. The third kappa shape index (κ3) is 29.2. The molecule has 1 aliphatic carbocycles. The zero-order valence-electron chi connectivity index (χ0n) is 25.7. The van der Waals surface area contributed by atoms with Gasteiger partial charge in [0.25, 0.3) is 0 Å². The van der Waals surface area contributed by atoms with Crippen molar-refractivity contribution in [2.24, 2.45) is 39.9 Å². The van der Waals surface area contributed by atoms with Gasteiger partial charge in [-0.25, -0.2) is 0 Å². The minimum atomic E-state index is 0.404. The minimum Gasteiger partial charge on any atom is -0.0628 e. The molecule has 0 heteroatoms. The lowest BCUT2D eigenvalue weighted by Gasteiger charge is -2.22. The Morgan fingerprint density at radius 2 is 1.09 bits per heavy atom. The summed E-state index contributed by atoms with van der Waals surface area (Å²) in [5.74, 6) is 3.70. The fourth-order valence-corrected chi connectivity index (χ4v) is 3.45. The van der Waals surface area contributed by atoms with E-state index in [-0.39, 0.29) is 0 Å². The molecule has 0 saturated heterocycles. The Labute approximate surface area is 211 Å². The van der Waals surface area contributed by atoms with Crippen LogP contribution in [-0.4, -0.2) is 0 Å². The van der Waals surface area contributed by atoms with Gasteiger partial charge >= 0.3 is 0 Å². The maximum Gasteiger partial charge on any atom is -0.0230 e. The molecule has 0 radical (unpaired) electrons. The number of hydrogen-bond donors (Lipinski definition) is 0. The van der Waals surface area contributed by atoms with Crippen LogP contribution in [0.15, 0.2) is 30.3 Å². The average Bonchev–Trinajstić information content (AvgIpc) is 3.36. The Bertz CT molecular complexity index is 551. The maximum absolute atomic E-state index is 2.30. The van der Waals surface area contributed by atoms with Crippen molar-refractivity contribution in [1.82, 2.24) is 0 Å². The monoisotopic (exact) mass is 461 g/mol. The van der Waals surface area contributed by atoms with E-state index in [1.807, 2.05) is 0 Å². The first-order valence-electron chi connectivity index (χ1n) is 13.8. The molecule has 1 aromatic carbocycles. The third-order valence-corrected chi connectivity index (χ3v) is 5.83. The Morgan fingerprint density at radius 3 is 1.27 bits per heavy atom. The first-order valence-corrected chi connectivity index (χ1v) is 13.8. The molecule has 0 spiro atoms. The fourth-order valence-electron chi connectivity index (χ4n) is 3.45. The summed E-state index contributed by atoms with van der Waals surface area (Å²) in [7, 11) is 0. The van der Waals surface area contributed by atoms with E-state index in [1.165, 1.54) is 31.2 Å². The molecule has 0 bridgehead atoms. The molecule has 33 heavy (non-hydrogen) atoms. The summed E-state index contributed by atoms with van der Waals surface area (Å²) >= 11 is 0. The van der Waals surface area contributed by atoms with Gasteiger partial charge in [-0.2, -0.15) is 0 Å². The number of hydrogen-bond acceptors (Lipinski definition) is 0. The van der Waals surface area contributed by atoms with Crippen molar-refractivity contribution in [1.29, 1.82) is 0 Å². The van der Waals surface area contributed by atoms with Crippen molar-refractivity contribution < 1.29 is 0 Å². The fraction of sp³-hybridized carbons (Fsp3) is 0.818. The van der Waals surface area contributed by atoms with Gasteiger partial charge in [-0.15, -0.1) is 0 Å². The van der Waals surface area contributed by atoms with Gasteiger partial charge in [0.2, 0.25) is 0 Å². The smallest absolute Gasteiger partial charge is 0.0230 e. The van der Waals surface area contributed by atoms with Crippen LogP contribution in [0, 0.1) is 39.9 Å². The molecule has 0 amide bonds. The SMILES string of the molecule is CC(C)(C)Cc1ccccc1.CC(C)C(C)(C)C.CC(C)CC(C)(C)C.CC(C)CC1CC1. The molecule has 1 saturated carbocycles. The topological polar surface area (TPSA) is 0 Å². The summed E-state index contributed by atoms with van der Waals surface area (Å²) in [6.45, 7) is 34.1. The predicted octanol–water partition coefficient (Wildman–Crippen LogP) is 11.5. The zero-order chi connectivity index (χ0) is 26.5. The van der Waals surface area contributed by atoms with Gasteiger partial charge in [-0.1, -0.05) is 147 Å². The van der Waals surface area contributed by atoms with Crippen LogP contribution >= 0.6 is 0 Å². The van der Waals surface area contributed by atoms with Crippen molar-refractivity contribution in [2.45, 2.75) is 136 Å². The molecule has 2 rings (SSSR count). The molecule has 0 aliphatic heterocycles. The molecule has 0 heterocycles. The van der Waals surface area contributed by atoms with Crippen LogP contribution in [0.1, 0.15) is 135 Å². The quantitative estimate of drug-likeness (QED) is 0.419. The van der Waals surface area contributed by atoms with E-state index in [0.29, 0.717) is 16.2 Å². The maximum atomic E-state index is 2.30. The van der Waals surface area contributed by atoms with E-state index in [1.54, 1.807) is 0 Å². The molecule has 0 aromatic heterocycles. The van der Waals surface area contributed by atoms with Gasteiger partial charge in [-0.05, 0) is 64.7 Å².